The zero-order valence-electron chi connectivity index (χ0n) is 17.8. The van der Waals surface area contributed by atoms with Crippen LogP contribution in [0.3, 0.4) is 0 Å². The van der Waals surface area contributed by atoms with E-state index in [0.29, 0.717) is 5.56 Å². The molecule has 11 nitrogen and oxygen atoms in total. The van der Waals surface area contributed by atoms with Gasteiger partial charge in [-0.1, -0.05) is 6.07 Å². The smallest absolute Gasteiger partial charge is 0.339 e. The van der Waals surface area contributed by atoms with Crippen LogP contribution in [0.5, 0.6) is 5.75 Å². The summed E-state index contributed by atoms with van der Waals surface area (Å²) in [6, 6.07) is 1.36. The first-order valence-electron chi connectivity index (χ1n) is 10.3. The second kappa shape index (κ2) is 7.29. The molecule has 0 heterocycles. The summed E-state index contributed by atoms with van der Waals surface area (Å²) in [7, 11) is 3.00. The lowest BCUT2D eigenvalue weighted by molar-refractivity contribution is -0.181. The van der Waals surface area contributed by atoms with Gasteiger partial charge in [-0.05, 0) is 44.5 Å². The molecule has 2 fully saturated rings. The van der Waals surface area contributed by atoms with Crippen molar-refractivity contribution < 1.29 is 44.1 Å². The van der Waals surface area contributed by atoms with Crippen LogP contribution in [0, 0.1) is 23.7 Å². The van der Waals surface area contributed by atoms with Crippen LogP contribution in [0.1, 0.15) is 32.7 Å². The van der Waals surface area contributed by atoms with Gasteiger partial charge in [0, 0.05) is 5.92 Å². The molecule has 4 rings (SSSR count). The molecule has 2 saturated carbocycles. The number of benzene rings is 1. The van der Waals surface area contributed by atoms with Gasteiger partial charge in [0.25, 0.3) is 0 Å². The van der Waals surface area contributed by atoms with Gasteiger partial charge >= 0.3 is 5.97 Å². The van der Waals surface area contributed by atoms with Gasteiger partial charge in [0.1, 0.15) is 11.3 Å². The summed E-state index contributed by atoms with van der Waals surface area (Å²) < 4.78 is 0. The van der Waals surface area contributed by atoms with E-state index in [1.165, 1.54) is 25.1 Å². The molecular weight excluding hydrogens is 436 g/mol. The number of carbonyl (C=O) groups is 6. The molecule has 11 heteroatoms. The van der Waals surface area contributed by atoms with Gasteiger partial charge in [-0.15, -0.1) is 0 Å². The fourth-order valence-corrected chi connectivity index (χ4v) is 5.75. The Bertz CT molecular complexity index is 1160. The largest absolute Gasteiger partial charge is 0.506 e. The van der Waals surface area contributed by atoms with E-state index >= 15 is 0 Å². The minimum Gasteiger partial charge on any atom is -0.506 e. The number of carboxylic acids is 1. The minimum atomic E-state index is -2.81. The van der Waals surface area contributed by atoms with Crippen molar-refractivity contribution >= 4 is 35.0 Å². The summed E-state index contributed by atoms with van der Waals surface area (Å²) in [6.45, 7) is 0. The van der Waals surface area contributed by atoms with Gasteiger partial charge in [-0.2, -0.15) is 0 Å². The maximum absolute atomic E-state index is 13.5. The van der Waals surface area contributed by atoms with E-state index < -0.39 is 81.6 Å². The third-order valence-corrected chi connectivity index (χ3v) is 7.16. The second-order valence-corrected chi connectivity index (χ2v) is 9.09. The Hall–Kier alpha value is -3.44. The number of phenols is 1. The van der Waals surface area contributed by atoms with Crippen molar-refractivity contribution in [3.05, 3.63) is 28.8 Å². The van der Waals surface area contributed by atoms with Gasteiger partial charge in [-0.3, -0.25) is 28.9 Å². The predicted octanol–water partition coefficient (Wildman–Crippen LogP) is -1.43. The van der Waals surface area contributed by atoms with E-state index in [1.807, 2.05) is 0 Å². The molecule has 0 saturated heterocycles. The van der Waals surface area contributed by atoms with Crippen molar-refractivity contribution in [2.24, 2.45) is 29.4 Å². The third-order valence-electron chi connectivity index (χ3n) is 7.16. The predicted molar refractivity (Wildman–Crippen MR) is 108 cm³/mol. The highest BCUT2D eigenvalue weighted by Crippen LogP contribution is 2.50. The van der Waals surface area contributed by atoms with E-state index in [4.69, 9.17) is 5.73 Å². The molecule has 5 N–H and O–H groups in total. The summed E-state index contributed by atoms with van der Waals surface area (Å²) in [5, 5.41) is 31.1. The highest BCUT2D eigenvalue weighted by Gasteiger charge is 2.69. The molecule has 0 spiro atoms. The molecule has 0 aromatic heterocycles. The van der Waals surface area contributed by atoms with E-state index in [0.717, 1.165) is 6.07 Å². The number of carbonyl (C=O) groups excluding carboxylic acids is 5. The monoisotopic (exact) mass is 458 g/mol. The Morgan fingerprint density at radius 1 is 1.12 bits per heavy atom. The van der Waals surface area contributed by atoms with E-state index in [1.54, 1.807) is 0 Å². The topological polar surface area (TPSA) is 192 Å². The molecule has 174 valence electrons. The number of aliphatic hydroxyl groups is 1. The molecule has 1 amide bonds. The summed E-state index contributed by atoms with van der Waals surface area (Å²) in [5.41, 5.74) is 1.89. The first-order chi connectivity index (χ1) is 15.3. The molecule has 33 heavy (non-hydrogen) atoms. The normalized spacial score (nSPS) is 33.4. The van der Waals surface area contributed by atoms with Crippen LogP contribution in [0.2, 0.25) is 0 Å². The number of aromatic hydroxyl groups is 1. The van der Waals surface area contributed by atoms with Crippen LogP contribution in [0.4, 0.5) is 0 Å². The number of nitrogens with zero attached hydrogens (tertiary/aromatic N) is 1. The number of rotatable bonds is 3. The SMILES string of the molecule is CN(C)[C@@H]1C(=O)C(C(N)=O)C(=O)[C@@]2(O)C(=O)C3C(=O)c4c(ccc(C(=O)O)c4O)C[C@H]3C[C@@H]12. The van der Waals surface area contributed by atoms with E-state index in [9.17, 15) is 44.1 Å². The van der Waals surface area contributed by atoms with Crippen molar-refractivity contribution in [2.45, 2.75) is 24.5 Å². The van der Waals surface area contributed by atoms with E-state index in [-0.39, 0.29) is 18.4 Å². The Balaban J connectivity index is 1.87. The van der Waals surface area contributed by atoms with Crippen molar-refractivity contribution in [3.63, 3.8) is 0 Å². The number of primary amides is 1. The Kier molecular flexibility index (Phi) is 5.02. The number of amides is 1. The number of carboxylic acid groups (broad SMARTS) is 1. The van der Waals surface area contributed by atoms with Crippen molar-refractivity contribution in [3.8, 4) is 5.75 Å². The van der Waals surface area contributed by atoms with Crippen LogP contribution in [-0.4, -0.2) is 81.0 Å². The molecule has 3 aliphatic rings. The lowest BCUT2D eigenvalue weighted by Crippen LogP contribution is -2.74. The van der Waals surface area contributed by atoms with Crippen molar-refractivity contribution in [1.82, 2.24) is 4.90 Å². The Labute approximate surface area is 187 Å². The van der Waals surface area contributed by atoms with Crippen molar-refractivity contribution in [2.75, 3.05) is 14.1 Å². The average molecular weight is 458 g/mol. The maximum atomic E-state index is 13.5. The number of hydrogen-bond donors (Lipinski definition) is 4. The molecule has 0 radical (unpaired) electrons. The summed E-state index contributed by atoms with van der Waals surface area (Å²) in [5.74, 6) is -13.3. The fraction of sp³-hybridized carbons (Fsp3) is 0.455. The minimum absolute atomic E-state index is 0.0641. The summed E-state index contributed by atoms with van der Waals surface area (Å²) in [6.07, 6.45) is 0.0185. The molecular formula is C22H22N2O9. The first-order valence-corrected chi connectivity index (χ1v) is 10.3. The number of hydrogen-bond acceptors (Lipinski definition) is 9. The molecule has 0 aliphatic heterocycles. The molecule has 1 aromatic carbocycles. The van der Waals surface area contributed by atoms with Crippen LogP contribution in [0.25, 0.3) is 0 Å². The lowest BCUT2D eigenvalue weighted by atomic mass is 9.52. The molecule has 6 atom stereocenters. The van der Waals surface area contributed by atoms with Crippen LogP contribution < -0.4 is 5.73 Å². The standard InChI is InChI=1S/C22H22N2O9/c1-24(2)14-10-6-8-5-7-3-4-9(21(31)32)15(25)11(7)16(26)12(8)18(28)22(10,33)19(29)13(17(14)27)20(23)30/h3-4,8,10,12-14,25,33H,5-6H2,1-2H3,(H2,23,30)(H,31,32)/t8-,10-,12?,13?,14-,22-/m0/s1. The summed E-state index contributed by atoms with van der Waals surface area (Å²) >= 11 is 0. The number of fused-ring (bicyclic) bond motifs is 3. The number of ketones is 4. The highest BCUT2D eigenvalue weighted by molar-refractivity contribution is 6.32. The zero-order valence-corrected chi connectivity index (χ0v) is 17.8. The lowest BCUT2D eigenvalue weighted by Gasteiger charge is -2.52. The molecule has 0 bridgehead atoms. The maximum Gasteiger partial charge on any atom is 0.339 e. The number of aromatic carboxylic acids is 1. The number of likely N-dealkylation sites (N-methyl/N-ethyl adjacent to an activating group) is 1. The number of nitrogens with two attached hydrogens (primary N) is 1. The zero-order chi connectivity index (χ0) is 24.6. The Morgan fingerprint density at radius 2 is 1.76 bits per heavy atom. The highest BCUT2D eigenvalue weighted by atomic mass is 16.4. The van der Waals surface area contributed by atoms with Gasteiger partial charge in [0.05, 0.1) is 17.5 Å². The van der Waals surface area contributed by atoms with Crippen molar-refractivity contribution in [1.29, 1.82) is 0 Å². The van der Waals surface area contributed by atoms with Gasteiger partial charge in [0.15, 0.2) is 34.7 Å². The van der Waals surface area contributed by atoms with Gasteiger partial charge in [0.2, 0.25) is 5.91 Å². The van der Waals surface area contributed by atoms with Crippen LogP contribution in [0.15, 0.2) is 12.1 Å². The van der Waals surface area contributed by atoms with Crippen LogP contribution >= 0.6 is 0 Å². The molecule has 1 aromatic rings. The first kappa shape index (κ1) is 22.7. The van der Waals surface area contributed by atoms with Crippen LogP contribution in [-0.2, 0) is 25.6 Å². The van der Waals surface area contributed by atoms with E-state index in [2.05, 4.69) is 0 Å². The summed E-state index contributed by atoms with van der Waals surface area (Å²) in [4.78, 5) is 77.6. The Morgan fingerprint density at radius 3 is 2.30 bits per heavy atom. The van der Waals surface area contributed by atoms with Gasteiger partial charge in [-0.25, -0.2) is 4.79 Å². The molecule has 2 unspecified atom stereocenters. The fourth-order valence-electron chi connectivity index (χ4n) is 5.75. The molecule has 3 aliphatic carbocycles. The number of Topliss-reactive ketones (excluding diaryl/α,β-unsaturated/α-hetero) is 4. The average Bonchev–Trinajstić information content (AvgIpc) is 2.70. The van der Waals surface area contributed by atoms with Gasteiger partial charge < -0.3 is 21.1 Å². The second-order valence-electron chi connectivity index (χ2n) is 9.09. The third kappa shape index (κ3) is 2.89. The quantitative estimate of drug-likeness (QED) is 0.390.